The van der Waals surface area contributed by atoms with Gasteiger partial charge >= 0.3 is 0 Å². The van der Waals surface area contributed by atoms with E-state index < -0.39 is 19.9 Å². The fourth-order valence-corrected chi connectivity index (χ4v) is 8.17. The van der Waals surface area contributed by atoms with Gasteiger partial charge in [0.05, 0.1) is 13.5 Å². The fourth-order valence-electron chi connectivity index (χ4n) is 1.35. The maximum Gasteiger partial charge on any atom is 0.253 e. The van der Waals surface area contributed by atoms with Gasteiger partial charge in [-0.1, -0.05) is 0 Å². The average molecular weight is 393 g/mol. The molecule has 2 rings (SSSR count). The second kappa shape index (κ2) is 3.90. The first-order chi connectivity index (χ1) is 7.25. The van der Waals surface area contributed by atoms with E-state index in [-0.39, 0.29) is 21.4 Å². The van der Waals surface area contributed by atoms with Crippen LogP contribution in [0.1, 0.15) is 0 Å². The Hall–Kier alpha value is 0.290. The van der Waals surface area contributed by atoms with E-state index >= 15 is 0 Å². The van der Waals surface area contributed by atoms with E-state index in [0.29, 0.717) is 2.88 Å². The molecule has 16 heavy (non-hydrogen) atoms. The van der Waals surface area contributed by atoms with E-state index in [0.717, 1.165) is 15.6 Å². The van der Waals surface area contributed by atoms with Crippen molar-refractivity contribution in [1.29, 1.82) is 0 Å². The van der Waals surface area contributed by atoms with Crippen molar-refractivity contribution in [3.8, 4) is 0 Å². The van der Waals surface area contributed by atoms with Crippen LogP contribution in [-0.4, -0.2) is 40.5 Å². The molecule has 1 aromatic rings. The number of sulfone groups is 1. The Balaban J connectivity index is 2.84. The van der Waals surface area contributed by atoms with Gasteiger partial charge in [-0.05, 0) is 28.7 Å². The monoisotopic (exact) mass is 393 g/mol. The molecule has 0 unspecified atom stereocenters. The van der Waals surface area contributed by atoms with Gasteiger partial charge in [-0.3, -0.25) is 0 Å². The Morgan fingerprint density at radius 1 is 1.38 bits per heavy atom. The van der Waals surface area contributed by atoms with E-state index in [1.807, 2.05) is 22.6 Å². The number of nitrogens with zero attached hydrogens (tertiary/aromatic N) is 1. The lowest BCUT2D eigenvalue weighted by atomic mass is 10.7. The summed E-state index contributed by atoms with van der Waals surface area (Å²) in [5.41, 5.74) is 0. The van der Waals surface area contributed by atoms with E-state index in [9.17, 15) is 16.8 Å². The van der Waals surface area contributed by atoms with Crippen LogP contribution < -0.4 is 0 Å². The van der Waals surface area contributed by atoms with Gasteiger partial charge in [0, 0.05) is 13.6 Å². The van der Waals surface area contributed by atoms with Crippen LogP contribution in [0.15, 0.2) is 15.2 Å². The molecule has 0 atom stereocenters. The third-order valence-corrected chi connectivity index (χ3v) is 8.52. The summed E-state index contributed by atoms with van der Waals surface area (Å²) < 4.78 is 49.4. The van der Waals surface area contributed by atoms with Gasteiger partial charge < -0.3 is 0 Å². The van der Waals surface area contributed by atoms with Crippen LogP contribution in [0.25, 0.3) is 0 Å². The van der Waals surface area contributed by atoms with Gasteiger partial charge in [-0.25, -0.2) is 16.8 Å². The summed E-state index contributed by atoms with van der Waals surface area (Å²) >= 11 is 2.92. The highest BCUT2D eigenvalue weighted by molar-refractivity contribution is 14.1. The van der Waals surface area contributed by atoms with Crippen LogP contribution in [0.3, 0.4) is 0 Å². The van der Waals surface area contributed by atoms with Crippen molar-refractivity contribution >= 4 is 53.8 Å². The molecule has 1 aromatic heterocycles. The summed E-state index contributed by atoms with van der Waals surface area (Å²) in [7, 11) is -5.72. The molecule has 0 spiro atoms. The first-order valence-electron chi connectivity index (χ1n) is 4.23. The lowest BCUT2D eigenvalue weighted by Gasteiger charge is -2.11. The third kappa shape index (κ3) is 1.92. The van der Waals surface area contributed by atoms with Gasteiger partial charge in [0.2, 0.25) is 0 Å². The van der Waals surface area contributed by atoms with Crippen LogP contribution in [-0.2, 0) is 19.9 Å². The minimum atomic E-state index is -3.64. The smallest absolute Gasteiger partial charge is 0.224 e. The predicted molar refractivity (Wildman–Crippen MR) is 68.9 cm³/mol. The lowest BCUT2D eigenvalue weighted by Crippen LogP contribution is -2.28. The summed E-state index contributed by atoms with van der Waals surface area (Å²) in [6, 6.07) is 1.42. The summed E-state index contributed by atoms with van der Waals surface area (Å²) in [5.74, 6) is -0.164. The standard InChI is InChI=1S/C7H8INO4S3/c1-9-2-3-15(10,11)5-4-6(8)14-7(5)16(9,12)13/h4H,2-3H2,1H3. The maximum atomic E-state index is 12.0. The Labute approximate surface area is 112 Å². The molecule has 9 heteroatoms. The molecule has 0 aliphatic carbocycles. The van der Waals surface area contributed by atoms with Crippen molar-refractivity contribution < 1.29 is 16.8 Å². The molecule has 0 saturated heterocycles. The van der Waals surface area contributed by atoms with Crippen LogP contribution in [0, 0.1) is 2.88 Å². The van der Waals surface area contributed by atoms with Crippen molar-refractivity contribution in [3.05, 3.63) is 8.95 Å². The molecule has 1 aliphatic rings. The second-order valence-electron chi connectivity index (χ2n) is 3.35. The van der Waals surface area contributed by atoms with Crippen LogP contribution in [0.2, 0.25) is 0 Å². The Kier molecular flexibility index (Phi) is 3.11. The van der Waals surface area contributed by atoms with E-state index in [1.54, 1.807) is 0 Å². The number of hydrogen-bond donors (Lipinski definition) is 0. The molecule has 0 radical (unpaired) electrons. The zero-order chi connectivity index (χ0) is 12.1. The first-order valence-corrected chi connectivity index (χ1v) is 9.22. The highest BCUT2D eigenvalue weighted by Crippen LogP contribution is 2.35. The van der Waals surface area contributed by atoms with Crippen molar-refractivity contribution in [1.82, 2.24) is 4.31 Å². The number of hydrogen-bond acceptors (Lipinski definition) is 5. The van der Waals surface area contributed by atoms with Crippen molar-refractivity contribution in [2.45, 2.75) is 9.10 Å². The van der Waals surface area contributed by atoms with Gasteiger partial charge in [-0.2, -0.15) is 4.31 Å². The molecule has 0 aromatic carbocycles. The zero-order valence-corrected chi connectivity index (χ0v) is 12.8. The Bertz CT molecular complexity index is 631. The van der Waals surface area contributed by atoms with E-state index in [4.69, 9.17) is 0 Å². The van der Waals surface area contributed by atoms with Crippen LogP contribution in [0.4, 0.5) is 0 Å². The minimum absolute atomic E-state index is 0.00262. The largest absolute Gasteiger partial charge is 0.253 e. The van der Waals surface area contributed by atoms with Gasteiger partial charge in [0.15, 0.2) is 14.0 Å². The van der Waals surface area contributed by atoms with E-state index in [1.165, 1.54) is 13.1 Å². The molecule has 0 amide bonds. The van der Waals surface area contributed by atoms with Crippen molar-refractivity contribution in [2.75, 3.05) is 19.3 Å². The number of halogens is 1. The van der Waals surface area contributed by atoms with Gasteiger partial charge in [-0.15, -0.1) is 11.3 Å². The Morgan fingerprint density at radius 2 is 2.00 bits per heavy atom. The SMILES string of the molecule is CN1CCS(=O)(=O)c2cc(I)sc2S1(=O)=O. The predicted octanol–water partition coefficient (Wildman–Crippen LogP) is 0.761. The average Bonchev–Trinajstić information content (AvgIpc) is 2.55. The van der Waals surface area contributed by atoms with Gasteiger partial charge in [0.1, 0.15) is 0 Å². The van der Waals surface area contributed by atoms with E-state index in [2.05, 4.69) is 0 Å². The minimum Gasteiger partial charge on any atom is -0.224 e. The van der Waals surface area contributed by atoms with Crippen LogP contribution in [0.5, 0.6) is 0 Å². The molecule has 0 fully saturated rings. The normalized spacial score (nSPS) is 23.6. The zero-order valence-electron chi connectivity index (χ0n) is 8.17. The number of thiophene rings is 1. The maximum absolute atomic E-state index is 12.0. The van der Waals surface area contributed by atoms with Gasteiger partial charge in [0.25, 0.3) is 10.0 Å². The summed E-state index contributed by atoms with van der Waals surface area (Å²) in [5, 5.41) is 0. The van der Waals surface area contributed by atoms with Crippen molar-refractivity contribution in [2.24, 2.45) is 0 Å². The molecule has 90 valence electrons. The molecule has 0 N–H and O–H groups in total. The number of sulfonamides is 1. The lowest BCUT2D eigenvalue weighted by molar-refractivity contribution is 0.489. The molecule has 0 saturated carbocycles. The second-order valence-corrected chi connectivity index (χ2v) is 10.6. The fraction of sp³-hybridized carbons (Fsp3) is 0.429. The summed E-state index contributed by atoms with van der Waals surface area (Å²) in [6.07, 6.45) is 0. The molecule has 1 aliphatic heterocycles. The number of rotatable bonds is 0. The molecule has 5 nitrogen and oxygen atoms in total. The summed E-state index contributed by atoms with van der Waals surface area (Å²) in [4.78, 5) is -0.0498. The Morgan fingerprint density at radius 3 is 2.62 bits per heavy atom. The molecular formula is C7H8INO4S3. The molecule has 2 heterocycles. The third-order valence-electron chi connectivity index (χ3n) is 2.29. The number of fused-ring (bicyclic) bond motifs is 1. The van der Waals surface area contributed by atoms with Crippen LogP contribution >= 0.6 is 33.9 Å². The molecular weight excluding hydrogens is 385 g/mol. The summed E-state index contributed by atoms with van der Waals surface area (Å²) in [6.45, 7) is 0.00262. The first kappa shape index (κ1) is 12.7. The van der Waals surface area contributed by atoms with Crippen molar-refractivity contribution in [3.63, 3.8) is 0 Å². The highest BCUT2D eigenvalue weighted by atomic mass is 127. The molecule has 0 bridgehead atoms. The highest BCUT2D eigenvalue weighted by Gasteiger charge is 2.36. The quantitative estimate of drug-likeness (QED) is 0.611. The topological polar surface area (TPSA) is 71.5 Å².